The Balaban J connectivity index is 1.24. The van der Waals surface area contributed by atoms with Gasteiger partial charge in [0.25, 0.3) is 0 Å². The molecular weight excluding hydrogens is 616 g/mol. The van der Waals surface area contributed by atoms with Crippen molar-refractivity contribution in [3.63, 3.8) is 0 Å². The SMILES string of the molecule is CC(C)CN1C2CCC1CN(c1nc(OCC34CCCN3CCC4)nc3c(F)c(-c4ccc(F)c5sc(N)nc45)c(Cl)cc13)C2. The van der Waals surface area contributed by atoms with Crippen molar-refractivity contribution in [2.24, 2.45) is 5.92 Å². The van der Waals surface area contributed by atoms with E-state index in [1.807, 2.05) is 0 Å². The number of rotatable bonds is 7. The van der Waals surface area contributed by atoms with Gasteiger partial charge in [-0.05, 0) is 75.7 Å². The van der Waals surface area contributed by atoms with Crippen molar-refractivity contribution in [2.45, 2.75) is 70.0 Å². The van der Waals surface area contributed by atoms with E-state index in [0.717, 1.165) is 82.6 Å². The fraction of sp³-hybridized carbons (Fsp3) is 0.545. The molecule has 4 aliphatic rings. The van der Waals surface area contributed by atoms with Crippen LogP contribution in [0.2, 0.25) is 5.02 Å². The summed E-state index contributed by atoms with van der Waals surface area (Å²) in [4.78, 5) is 21.5. The third-order valence-electron chi connectivity index (χ3n) is 10.4. The number of nitrogens with zero attached hydrogens (tertiary/aromatic N) is 6. The van der Waals surface area contributed by atoms with Gasteiger partial charge in [0.2, 0.25) is 0 Å². The Labute approximate surface area is 270 Å². The van der Waals surface area contributed by atoms with Crippen LogP contribution in [-0.4, -0.2) is 81.7 Å². The smallest absolute Gasteiger partial charge is 0.319 e. The van der Waals surface area contributed by atoms with E-state index in [9.17, 15) is 4.39 Å². The molecule has 8 nitrogen and oxygen atoms in total. The van der Waals surface area contributed by atoms with Gasteiger partial charge in [-0.25, -0.2) is 13.8 Å². The third-order valence-corrected chi connectivity index (χ3v) is 11.6. The average Bonchev–Trinajstić information content (AvgIpc) is 3.74. The normalized spacial score (nSPS) is 23.2. The first-order valence-electron chi connectivity index (χ1n) is 16.1. The van der Waals surface area contributed by atoms with Crippen molar-refractivity contribution < 1.29 is 13.5 Å². The molecule has 2 bridgehead atoms. The predicted molar refractivity (Wildman–Crippen MR) is 176 cm³/mol. The largest absolute Gasteiger partial charge is 0.461 e. The monoisotopic (exact) mass is 653 g/mol. The summed E-state index contributed by atoms with van der Waals surface area (Å²) in [6, 6.07) is 5.55. The zero-order valence-electron chi connectivity index (χ0n) is 25.7. The first kappa shape index (κ1) is 29.5. The van der Waals surface area contributed by atoms with Gasteiger partial charge in [0.05, 0.1) is 20.8 Å². The lowest BCUT2D eigenvalue weighted by Crippen LogP contribution is -2.54. The van der Waals surface area contributed by atoms with Crippen molar-refractivity contribution in [3.05, 3.63) is 34.9 Å². The van der Waals surface area contributed by atoms with Crippen molar-refractivity contribution in [1.82, 2.24) is 24.8 Å². The highest BCUT2D eigenvalue weighted by atomic mass is 35.5. The molecule has 0 aliphatic carbocycles. The highest BCUT2D eigenvalue weighted by Crippen LogP contribution is 2.44. The molecule has 0 amide bonds. The Kier molecular flexibility index (Phi) is 7.31. The maximum absolute atomic E-state index is 16.9. The number of ether oxygens (including phenoxy) is 1. The zero-order chi connectivity index (χ0) is 31.0. The van der Waals surface area contributed by atoms with Crippen LogP contribution < -0.4 is 15.4 Å². The van der Waals surface area contributed by atoms with Crippen LogP contribution in [0.25, 0.3) is 32.2 Å². The number of hydrogen-bond acceptors (Lipinski definition) is 9. The molecule has 2 N–H and O–H groups in total. The first-order chi connectivity index (χ1) is 21.7. The van der Waals surface area contributed by atoms with E-state index in [2.05, 4.69) is 33.5 Å². The molecule has 12 heteroatoms. The Bertz CT molecular complexity index is 1780. The summed E-state index contributed by atoms with van der Waals surface area (Å²) >= 11 is 7.92. The summed E-state index contributed by atoms with van der Waals surface area (Å²) in [5, 5.41) is 0.932. The number of fused-ring (bicyclic) bond motifs is 5. The van der Waals surface area contributed by atoms with Crippen LogP contribution in [0.1, 0.15) is 52.4 Å². The highest BCUT2D eigenvalue weighted by Gasteiger charge is 2.45. The van der Waals surface area contributed by atoms with E-state index >= 15 is 4.39 Å². The molecule has 2 aromatic carbocycles. The lowest BCUT2D eigenvalue weighted by atomic mass is 9.95. The number of hydrogen-bond donors (Lipinski definition) is 1. The highest BCUT2D eigenvalue weighted by molar-refractivity contribution is 7.22. The molecule has 4 saturated heterocycles. The van der Waals surface area contributed by atoms with Gasteiger partial charge in [0.1, 0.15) is 23.8 Å². The molecule has 4 aliphatic heterocycles. The molecule has 0 radical (unpaired) electrons. The van der Waals surface area contributed by atoms with Crippen LogP contribution >= 0.6 is 22.9 Å². The quantitative estimate of drug-likeness (QED) is 0.235. The van der Waals surface area contributed by atoms with E-state index in [0.29, 0.717) is 41.4 Å². The van der Waals surface area contributed by atoms with Gasteiger partial charge >= 0.3 is 6.01 Å². The first-order valence-corrected chi connectivity index (χ1v) is 17.3. The van der Waals surface area contributed by atoms with Crippen LogP contribution in [-0.2, 0) is 0 Å². The standard InChI is InChI=1S/C33H38ClF2N7OS/c1-18(2)14-43-19-5-6-20(43)16-41(15-19)30-22-13-23(34)25(21-7-8-24(35)29-28(21)38-31(37)45-29)26(36)27(22)39-32(40-30)44-17-33-9-3-11-42(33)12-4-10-33/h7-8,13,18-20H,3-6,9-12,14-17H2,1-2H3,(H2,37,38). The van der Waals surface area contributed by atoms with E-state index in [1.54, 1.807) is 6.07 Å². The molecule has 45 heavy (non-hydrogen) atoms. The van der Waals surface area contributed by atoms with Crippen LogP contribution in [0.15, 0.2) is 18.2 Å². The summed E-state index contributed by atoms with van der Waals surface area (Å²) in [5.74, 6) is 0.173. The molecule has 4 fully saturated rings. The molecule has 0 saturated carbocycles. The second-order valence-electron chi connectivity index (χ2n) is 13.7. The molecule has 4 aromatic rings. The van der Waals surface area contributed by atoms with Crippen LogP contribution in [0.4, 0.5) is 19.7 Å². The topological polar surface area (TPSA) is 83.6 Å². The summed E-state index contributed by atoms with van der Waals surface area (Å²) < 4.78 is 38.2. The van der Waals surface area contributed by atoms with Crippen molar-refractivity contribution in [1.29, 1.82) is 0 Å². The number of halogens is 3. The van der Waals surface area contributed by atoms with Gasteiger partial charge in [-0.3, -0.25) is 9.80 Å². The van der Waals surface area contributed by atoms with E-state index in [1.165, 1.54) is 12.1 Å². The Morgan fingerprint density at radius 3 is 2.51 bits per heavy atom. The van der Waals surface area contributed by atoms with Crippen molar-refractivity contribution >= 4 is 55.0 Å². The molecular formula is C33H38ClF2N7OS. The second-order valence-corrected chi connectivity index (χ2v) is 15.1. The van der Waals surface area contributed by atoms with Gasteiger partial charge in [0.15, 0.2) is 10.9 Å². The third kappa shape index (κ3) is 4.92. The van der Waals surface area contributed by atoms with Crippen LogP contribution in [0, 0.1) is 17.6 Å². The molecule has 238 valence electrons. The molecule has 2 unspecified atom stereocenters. The van der Waals surface area contributed by atoms with E-state index < -0.39 is 11.6 Å². The number of thiazole rings is 1. The van der Waals surface area contributed by atoms with E-state index in [4.69, 9.17) is 32.0 Å². The van der Waals surface area contributed by atoms with Crippen molar-refractivity contribution in [3.8, 4) is 17.1 Å². The molecule has 6 heterocycles. The molecule has 2 atom stereocenters. The number of nitrogens with two attached hydrogens (primary N) is 1. The van der Waals surface area contributed by atoms with Gasteiger partial charge < -0.3 is 15.4 Å². The van der Waals surface area contributed by atoms with Gasteiger partial charge in [-0.15, -0.1) is 0 Å². The van der Waals surface area contributed by atoms with Crippen LogP contribution in [0.3, 0.4) is 0 Å². The van der Waals surface area contributed by atoms with Gasteiger partial charge in [-0.1, -0.05) is 36.8 Å². The lowest BCUT2D eigenvalue weighted by Gasteiger charge is -2.42. The Morgan fingerprint density at radius 1 is 1.07 bits per heavy atom. The fourth-order valence-corrected chi connectivity index (χ4v) is 9.51. The van der Waals surface area contributed by atoms with Gasteiger partial charge in [-0.2, -0.15) is 9.97 Å². The summed E-state index contributed by atoms with van der Waals surface area (Å²) in [6.07, 6.45) is 6.74. The Morgan fingerprint density at radius 2 is 1.80 bits per heavy atom. The minimum Gasteiger partial charge on any atom is -0.461 e. The molecule has 2 aromatic heterocycles. The molecule has 8 rings (SSSR count). The number of nitrogen functional groups attached to an aromatic ring is 1. The van der Waals surface area contributed by atoms with Gasteiger partial charge in [0, 0.05) is 48.2 Å². The summed E-state index contributed by atoms with van der Waals surface area (Å²) in [6.45, 7) is 9.83. The van der Waals surface area contributed by atoms with Crippen LogP contribution in [0.5, 0.6) is 6.01 Å². The Hall–Kier alpha value is -2.86. The van der Waals surface area contributed by atoms with E-state index in [-0.39, 0.29) is 43.0 Å². The number of anilines is 2. The number of aromatic nitrogens is 3. The minimum atomic E-state index is -0.603. The number of benzene rings is 2. The molecule has 0 spiro atoms. The summed E-state index contributed by atoms with van der Waals surface area (Å²) in [7, 11) is 0. The fourth-order valence-electron chi connectivity index (χ4n) is 8.45. The average molecular weight is 654 g/mol. The maximum atomic E-state index is 16.9. The minimum absolute atomic E-state index is 0.00592. The second kappa shape index (κ2) is 11.1. The lowest BCUT2D eigenvalue weighted by molar-refractivity contribution is 0.107. The van der Waals surface area contributed by atoms with Crippen molar-refractivity contribution in [2.75, 3.05) is 50.0 Å². The number of piperazine rings is 1. The predicted octanol–water partition coefficient (Wildman–Crippen LogP) is 6.74. The maximum Gasteiger partial charge on any atom is 0.319 e. The zero-order valence-corrected chi connectivity index (χ0v) is 27.2. The summed E-state index contributed by atoms with van der Waals surface area (Å²) in [5.41, 5.74) is 6.85.